The van der Waals surface area contributed by atoms with Crippen molar-refractivity contribution >= 4 is 11.6 Å². The second-order valence-corrected chi connectivity index (χ2v) is 7.36. The fourth-order valence-electron chi connectivity index (χ4n) is 3.65. The lowest BCUT2D eigenvalue weighted by Crippen LogP contribution is -2.39. The molecule has 0 saturated carbocycles. The minimum atomic E-state index is 0.586. The quantitative estimate of drug-likeness (QED) is 0.447. The zero-order chi connectivity index (χ0) is 18.9. The van der Waals surface area contributed by atoms with Gasteiger partial charge in [-0.2, -0.15) is 0 Å². The van der Waals surface area contributed by atoms with Crippen molar-refractivity contribution in [3.05, 3.63) is 35.8 Å². The van der Waals surface area contributed by atoms with Crippen LogP contribution in [0.4, 0.5) is 0 Å². The van der Waals surface area contributed by atoms with E-state index in [1.54, 1.807) is 0 Å². The highest BCUT2D eigenvalue weighted by Crippen LogP contribution is 2.10. The van der Waals surface area contributed by atoms with E-state index in [4.69, 9.17) is 4.99 Å². The number of nitrogens with zero attached hydrogens (tertiary/aromatic N) is 4. The van der Waals surface area contributed by atoms with Crippen molar-refractivity contribution in [3.8, 4) is 0 Å². The number of aliphatic imine (C=N–C) groups is 1. The summed E-state index contributed by atoms with van der Waals surface area (Å²) in [5, 5.41) is 6.81. The Bertz CT molecular complexity index is 727. The monoisotopic (exact) mass is 370 g/mol. The van der Waals surface area contributed by atoms with E-state index in [-0.39, 0.29) is 0 Å². The molecule has 3 heterocycles. The molecule has 1 aliphatic rings. The van der Waals surface area contributed by atoms with E-state index in [1.165, 1.54) is 51.0 Å². The maximum absolute atomic E-state index is 4.71. The molecule has 1 aliphatic heterocycles. The van der Waals surface area contributed by atoms with Crippen molar-refractivity contribution in [2.24, 2.45) is 4.99 Å². The Morgan fingerprint density at radius 2 is 1.96 bits per heavy atom. The summed E-state index contributed by atoms with van der Waals surface area (Å²) in [6.45, 7) is 10.3. The Morgan fingerprint density at radius 3 is 2.70 bits per heavy atom. The van der Waals surface area contributed by atoms with Gasteiger partial charge in [0.25, 0.3) is 0 Å². The van der Waals surface area contributed by atoms with E-state index in [2.05, 4.69) is 51.0 Å². The molecule has 2 aromatic rings. The van der Waals surface area contributed by atoms with Gasteiger partial charge >= 0.3 is 0 Å². The summed E-state index contributed by atoms with van der Waals surface area (Å²) < 4.78 is 2.12. The first-order valence-electron chi connectivity index (χ1n) is 10.4. The molecule has 0 unspecified atom stereocenters. The smallest absolute Gasteiger partial charge is 0.191 e. The highest BCUT2D eigenvalue weighted by Gasteiger charge is 2.08. The van der Waals surface area contributed by atoms with Crippen LogP contribution in [0.25, 0.3) is 5.65 Å². The number of guanidine groups is 1. The van der Waals surface area contributed by atoms with Gasteiger partial charge in [0.15, 0.2) is 5.96 Å². The van der Waals surface area contributed by atoms with E-state index in [9.17, 15) is 0 Å². The molecule has 6 nitrogen and oxygen atoms in total. The number of rotatable bonds is 7. The van der Waals surface area contributed by atoms with Crippen LogP contribution in [0, 0.1) is 6.92 Å². The van der Waals surface area contributed by atoms with Crippen LogP contribution in [0.1, 0.15) is 50.4 Å². The Kier molecular flexibility index (Phi) is 7.51. The summed E-state index contributed by atoms with van der Waals surface area (Å²) in [4.78, 5) is 12.0. The second kappa shape index (κ2) is 10.3. The van der Waals surface area contributed by atoms with Crippen molar-refractivity contribution in [2.75, 3.05) is 32.7 Å². The zero-order valence-corrected chi connectivity index (χ0v) is 16.9. The van der Waals surface area contributed by atoms with E-state index < -0.39 is 0 Å². The molecular weight excluding hydrogens is 336 g/mol. The summed E-state index contributed by atoms with van der Waals surface area (Å²) in [5.41, 5.74) is 3.16. The SMILES string of the molecule is CCNC(=NCc1cn2c(C)cccc2n1)NCCCN1CCCCCC1. The normalized spacial score (nSPS) is 16.4. The number of nitrogens with one attached hydrogen (secondary N) is 2. The molecule has 2 N–H and O–H groups in total. The number of aromatic nitrogens is 2. The molecule has 2 aromatic heterocycles. The first kappa shape index (κ1) is 19.7. The molecule has 0 spiro atoms. The summed E-state index contributed by atoms with van der Waals surface area (Å²) in [6.07, 6.45) is 8.74. The molecule has 3 rings (SSSR count). The number of pyridine rings is 1. The van der Waals surface area contributed by atoms with E-state index >= 15 is 0 Å². The van der Waals surface area contributed by atoms with Gasteiger partial charge in [-0.05, 0) is 64.9 Å². The van der Waals surface area contributed by atoms with Crippen molar-refractivity contribution in [1.82, 2.24) is 24.9 Å². The molecule has 0 amide bonds. The van der Waals surface area contributed by atoms with Gasteiger partial charge in [-0.15, -0.1) is 0 Å². The van der Waals surface area contributed by atoms with Crippen molar-refractivity contribution in [1.29, 1.82) is 0 Å². The zero-order valence-electron chi connectivity index (χ0n) is 16.9. The summed E-state index contributed by atoms with van der Waals surface area (Å²) in [6, 6.07) is 6.17. The van der Waals surface area contributed by atoms with Gasteiger partial charge in [-0.25, -0.2) is 9.98 Å². The van der Waals surface area contributed by atoms with E-state index in [1.807, 2.05) is 12.1 Å². The van der Waals surface area contributed by atoms with Crippen LogP contribution in [0.3, 0.4) is 0 Å². The number of aryl methyl sites for hydroxylation is 1. The molecule has 0 atom stereocenters. The molecule has 0 aliphatic carbocycles. The molecule has 1 saturated heterocycles. The Labute approximate surface area is 163 Å². The van der Waals surface area contributed by atoms with Crippen LogP contribution >= 0.6 is 0 Å². The van der Waals surface area contributed by atoms with Crippen LogP contribution in [-0.2, 0) is 6.54 Å². The Hall–Kier alpha value is -2.08. The fourth-order valence-corrected chi connectivity index (χ4v) is 3.65. The predicted octanol–water partition coefficient (Wildman–Crippen LogP) is 2.96. The lowest BCUT2D eigenvalue weighted by atomic mass is 10.2. The average Bonchev–Trinajstić information content (AvgIpc) is 2.92. The molecule has 0 aromatic carbocycles. The van der Waals surface area contributed by atoms with Gasteiger partial charge in [0.1, 0.15) is 5.65 Å². The van der Waals surface area contributed by atoms with Gasteiger partial charge in [0.05, 0.1) is 12.2 Å². The molecule has 6 heteroatoms. The molecule has 0 radical (unpaired) electrons. The molecule has 0 bridgehead atoms. The predicted molar refractivity (Wildman–Crippen MR) is 112 cm³/mol. The molecule has 1 fully saturated rings. The number of hydrogen-bond donors (Lipinski definition) is 2. The van der Waals surface area contributed by atoms with E-state index in [0.717, 1.165) is 36.8 Å². The topological polar surface area (TPSA) is 57.0 Å². The third-order valence-corrected chi connectivity index (χ3v) is 5.13. The Balaban J connectivity index is 1.48. The maximum atomic E-state index is 4.71. The minimum absolute atomic E-state index is 0.586. The van der Waals surface area contributed by atoms with Gasteiger partial charge in [-0.1, -0.05) is 18.9 Å². The number of fused-ring (bicyclic) bond motifs is 1. The van der Waals surface area contributed by atoms with Crippen LogP contribution in [0.5, 0.6) is 0 Å². The maximum Gasteiger partial charge on any atom is 0.191 e. The van der Waals surface area contributed by atoms with Gasteiger partial charge in [0.2, 0.25) is 0 Å². The first-order chi connectivity index (χ1) is 13.3. The number of hydrogen-bond acceptors (Lipinski definition) is 3. The molecule has 27 heavy (non-hydrogen) atoms. The lowest BCUT2D eigenvalue weighted by molar-refractivity contribution is 0.282. The number of likely N-dealkylation sites (tertiary alicyclic amines) is 1. The van der Waals surface area contributed by atoms with E-state index in [0.29, 0.717) is 6.54 Å². The van der Waals surface area contributed by atoms with Crippen LogP contribution in [-0.4, -0.2) is 53.0 Å². The highest BCUT2D eigenvalue weighted by atomic mass is 15.2. The van der Waals surface area contributed by atoms with Crippen molar-refractivity contribution in [2.45, 2.75) is 52.5 Å². The van der Waals surface area contributed by atoms with Crippen molar-refractivity contribution < 1.29 is 0 Å². The number of imidazole rings is 1. The highest BCUT2D eigenvalue weighted by molar-refractivity contribution is 5.79. The largest absolute Gasteiger partial charge is 0.357 e. The molecule has 148 valence electrons. The Morgan fingerprint density at radius 1 is 1.15 bits per heavy atom. The van der Waals surface area contributed by atoms with Gasteiger partial charge in [0, 0.05) is 25.0 Å². The lowest BCUT2D eigenvalue weighted by Gasteiger charge is -2.20. The second-order valence-electron chi connectivity index (χ2n) is 7.36. The average molecular weight is 371 g/mol. The standard InChI is InChI=1S/C21H34N6/c1-3-22-21(23-12-9-15-26-13-6-4-5-7-14-26)24-16-19-17-27-18(2)10-8-11-20(27)25-19/h8,10-11,17H,3-7,9,12-16H2,1-2H3,(H2,22,23,24). The third kappa shape index (κ3) is 5.96. The summed E-state index contributed by atoms with van der Waals surface area (Å²) in [5.74, 6) is 0.877. The van der Waals surface area contributed by atoms with Crippen LogP contribution in [0.15, 0.2) is 29.4 Å². The third-order valence-electron chi connectivity index (χ3n) is 5.13. The van der Waals surface area contributed by atoms with Crippen LogP contribution < -0.4 is 10.6 Å². The van der Waals surface area contributed by atoms with Gasteiger partial charge < -0.3 is 19.9 Å². The first-order valence-corrected chi connectivity index (χ1v) is 10.4. The molecular formula is C21H34N6. The fraction of sp³-hybridized carbons (Fsp3) is 0.619. The van der Waals surface area contributed by atoms with Crippen molar-refractivity contribution in [3.63, 3.8) is 0 Å². The summed E-state index contributed by atoms with van der Waals surface area (Å²) in [7, 11) is 0. The minimum Gasteiger partial charge on any atom is -0.357 e. The summed E-state index contributed by atoms with van der Waals surface area (Å²) >= 11 is 0. The van der Waals surface area contributed by atoms with Crippen LogP contribution in [0.2, 0.25) is 0 Å². The van der Waals surface area contributed by atoms with Gasteiger partial charge in [-0.3, -0.25) is 0 Å².